The third-order valence-electron chi connectivity index (χ3n) is 4.46. The molecule has 5 heteroatoms. The Balaban J connectivity index is 1.71. The maximum Gasteiger partial charge on any atom is 0.266 e. The Morgan fingerprint density at radius 1 is 1.00 bits per heavy atom. The molecule has 5 nitrogen and oxygen atoms in total. The van der Waals surface area contributed by atoms with Gasteiger partial charge in [0.2, 0.25) is 5.89 Å². The number of anilines is 1. The number of nitrogens with zero attached hydrogens (tertiary/aromatic N) is 3. The topological polar surface area (TPSA) is 68.2 Å². The van der Waals surface area contributed by atoms with E-state index in [2.05, 4.69) is 15.0 Å². The van der Waals surface area contributed by atoms with Gasteiger partial charge in [-0.05, 0) is 30.8 Å². The van der Waals surface area contributed by atoms with Gasteiger partial charge in [0, 0.05) is 19.1 Å². The molecular weight excluding hydrogens is 240 g/mol. The first-order chi connectivity index (χ1) is 9.34. The first-order valence-corrected chi connectivity index (χ1v) is 7.69. The third kappa shape index (κ3) is 2.91. The van der Waals surface area contributed by atoms with Crippen LogP contribution in [0.1, 0.15) is 63.2 Å². The van der Waals surface area contributed by atoms with E-state index in [-0.39, 0.29) is 12.0 Å². The van der Waals surface area contributed by atoms with Crippen molar-refractivity contribution in [3.63, 3.8) is 0 Å². The average molecular weight is 264 g/mol. The highest BCUT2D eigenvalue weighted by Crippen LogP contribution is 2.31. The van der Waals surface area contributed by atoms with Crippen molar-refractivity contribution in [2.24, 2.45) is 5.73 Å². The fourth-order valence-corrected chi connectivity index (χ4v) is 3.24. The molecule has 0 spiro atoms. The van der Waals surface area contributed by atoms with E-state index in [9.17, 15) is 0 Å². The average Bonchev–Trinajstić information content (AvgIpc) is 2.75. The first kappa shape index (κ1) is 12.9. The molecule has 2 N–H and O–H groups in total. The van der Waals surface area contributed by atoms with Crippen LogP contribution in [-0.2, 0) is 0 Å². The predicted octanol–water partition coefficient (Wildman–Crippen LogP) is 2.43. The van der Waals surface area contributed by atoms with E-state index < -0.39 is 0 Å². The van der Waals surface area contributed by atoms with Crippen LogP contribution in [0.4, 0.5) is 5.95 Å². The van der Waals surface area contributed by atoms with E-state index in [4.69, 9.17) is 10.3 Å². The quantitative estimate of drug-likeness (QED) is 0.888. The van der Waals surface area contributed by atoms with Gasteiger partial charge in [-0.3, -0.25) is 0 Å². The second-order valence-corrected chi connectivity index (χ2v) is 5.89. The van der Waals surface area contributed by atoms with Crippen LogP contribution in [0, 0.1) is 0 Å². The Morgan fingerprint density at radius 3 is 2.47 bits per heavy atom. The number of rotatable bonds is 2. The van der Waals surface area contributed by atoms with Gasteiger partial charge in [0.15, 0.2) is 0 Å². The van der Waals surface area contributed by atoms with Gasteiger partial charge in [-0.1, -0.05) is 25.7 Å². The van der Waals surface area contributed by atoms with Gasteiger partial charge in [-0.2, -0.15) is 4.98 Å². The van der Waals surface area contributed by atoms with Gasteiger partial charge in [-0.15, -0.1) is 0 Å². The van der Waals surface area contributed by atoms with Crippen LogP contribution in [0.3, 0.4) is 0 Å². The maximum atomic E-state index is 6.18. The lowest BCUT2D eigenvalue weighted by Gasteiger charge is -2.25. The molecule has 106 valence electrons. The smallest absolute Gasteiger partial charge is 0.266 e. The van der Waals surface area contributed by atoms with Gasteiger partial charge >= 0.3 is 0 Å². The molecule has 0 bridgehead atoms. The van der Waals surface area contributed by atoms with Crippen molar-refractivity contribution in [1.82, 2.24) is 10.1 Å². The summed E-state index contributed by atoms with van der Waals surface area (Å²) in [5.74, 6) is 1.79. The number of hydrogen-bond acceptors (Lipinski definition) is 5. The van der Waals surface area contributed by atoms with E-state index in [0.717, 1.165) is 37.8 Å². The summed E-state index contributed by atoms with van der Waals surface area (Å²) in [6.07, 6.45) is 9.70. The summed E-state index contributed by atoms with van der Waals surface area (Å²) in [6, 6.07) is 0.186. The first-order valence-electron chi connectivity index (χ1n) is 7.69. The summed E-state index contributed by atoms with van der Waals surface area (Å²) in [7, 11) is 0. The summed E-state index contributed by atoms with van der Waals surface area (Å²) in [4.78, 5) is 6.88. The molecule has 1 aliphatic heterocycles. The molecule has 3 rings (SSSR count). The zero-order valence-corrected chi connectivity index (χ0v) is 11.6. The van der Waals surface area contributed by atoms with Crippen LogP contribution < -0.4 is 10.6 Å². The fraction of sp³-hybridized carbons (Fsp3) is 0.857. The van der Waals surface area contributed by atoms with E-state index in [1.165, 1.54) is 38.5 Å². The zero-order valence-electron chi connectivity index (χ0n) is 11.6. The SMILES string of the molecule is NC1CCCCC1c1nc(N2CCCCCC2)no1. The van der Waals surface area contributed by atoms with Gasteiger partial charge in [0.25, 0.3) is 5.95 Å². The van der Waals surface area contributed by atoms with Gasteiger partial charge < -0.3 is 15.2 Å². The lowest BCUT2D eigenvalue weighted by atomic mass is 9.85. The van der Waals surface area contributed by atoms with Crippen LogP contribution in [-0.4, -0.2) is 29.3 Å². The molecule has 2 heterocycles. The molecule has 2 unspecified atom stereocenters. The largest absolute Gasteiger partial charge is 0.338 e. The molecule has 1 aliphatic carbocycles. The minimum absolute atomic E-state index is 0.186. The molecule has 19 heavy (non-hydrogen) atoms. The van der Waals surface area contributed by atoms with Crippen LogP contribution in [0.15, 0.2) is 4.52 Å². The zero-order chi connectivity index (χ0) is 13.1. The van der Waals surface area contributed by atoms with Crippen LogP contribution in [0.2, 0.25) is 0 Å². The van der Waals surface area contributed by atoms with E-state index >= 15 is 0 Å². The minimum atomic E-state index is 0.186. The maximum absolute atomic E-state index is 6.18. The monoisotopic (exact) mass is 264 g/mol. The third-order valence-corrected chi connectivity index (χ3v) is 4.46. The fourth-order valence-electron chi connectivity index (χ4n) is 3.24. The van der Waals surface area contributed by atoms with Gasteiger partial charge in [-0.25, -0.2) is 0 Å². The van der Waals surface area contributed by atoms with Crippen molar-refractivity contribution in [1.29, 1.82) is 0 Å². The second-order valence-electron chi connectivity index (χ2n) is 5.89. The molecule has 2 fully saturated rings. The van der Waals surface area contributed by atoms with Crippen LogP contribution in [0.5, 0.6) is 0 Å². The van der Waals surface area contributed by atoms with Crippen molar-refractivity contribution in [3.05, 3.63) is 5.89 Å². The van der Waals surface area contributed by atoms with E-state index in [1.54, 1.807) is 0 Å². The van der Waals surface area contributed by atoms with Crippen molar-refractivity contribution in [3.8, 4) is 0 Å². The summed E-state index contributed by atoms with van der Waals surface area (Å²) in [5, 5.41) is 4.18. The van der Waals surface area contributed by atoms with Crippen LogP contribution in [0.25, 0.3) is 0 Å². The Labute approximate surface area is 114 Å². The van der Waals surface area contributed by atoms with Gasteiger partial charge in [0.05, 0.1) is 5.92 Å². The molecule has 2 atom stereocenters. The molecule has 2 aliphatic rings. The Morgan fingerprint density at radius 2 is 1.74 bits per heavy atom. The normalized spacial score (nSPS) is 29.2. The molecule has 1 aromatic rings. The highest BCUT2D eigenvalue weighted by Gasteiger charge is 2.29. The van der Waals surface area contributed by atoms with Crippen LogP contribution >= 0.6 is 0 Å². The highest BCUT2D eigenvalue weighted by atomic mass is 16.5. The van der Waals surface area contributed by atoms with Crippen molar-refractivity contribution in [2.75, 3.05) is 18.0 Å². The lowest BCUT2D eigenvalue weighted by molar-refractivity contribution is 0.290. The Bertz CT molecular complexity index is 398. The minimum Gasteiger partial charge on any atom is -0.338 e. The van der Waals surface area contributed by atoms with E-state index in [0.29, 0.717) is 0 Å². The standard InChI is InChI=1S/C14H24N4O/c15-12-8-4-3-7-11(12)13-16-14(17-19-13)18-9-5-1-2-6-10-18/h11-12H,1-10,15H2. The summed E-state index contributed by atoms with van der Waals surface area (Å²) in [5.41, 5.74) is 6.18. The second kappa shape index (κ2) is 5.90. The Hall–Kier alpha value is -1.10. The molecule has 0 amide bonds. The molecule has 1 aromatic heterocycles. The summed E-state index contributed by atoms with van der Waals surface area (Å²) < 4.78 is 5.49. The van der Waals surface area contributed by atoms with E-state index in [1.807, 2.05) is 0 Å². The molecule has 1 saturated heterocycles. The predicted molar refractivity (Wildman–Crippen MR) is 74.2 cm³/mol. The summed E-state index contributed by atoms with van der Waals surface area (Å²) in [6.45, 7) is 2.10. The molecular formula is C14H24N4O. The number of hydrogen-bond donors (Lipinski definition) is 1. The number of aromatic nitrogens is 2. The summed E-state index contributed by atoms with van der Waals surface area (Å²) >= 11 is 0. The molecule has 0 aromatic carbocycles. The lowest BCUT2D eigenvalue weighted by Crippen LogP contribution is -2.31. The Kier molecular flexibility index (Phi) is 4.01. The highest BCUT2D eigenvalue weighted by molar-refractivity contribution is 5.28. The number of nitrogens with two attached hydrogens (primary N) is 1. The van der Waals surface area contributed by atoms with Gasteiger partial charge in [0.1, 0.15) is 0 Å². The van der Waals surface area contributed by atoms with Crippen molar-refractivity contribution in [2.45, 2.75) is 63.3 Å². The molecule has 1 saturated carbocycles. The van der Waals surface area contributed by atoms with Crippen molar-refractivity contribution >= 4 is 5.95 Å². The van der Waals surface area contributed by atoms with Crippen molar-refractivity contribution < 1.29 is 4.52 Å². The molecule has 0 radical (unpaired) electrons.